The molecule has 1 atom stereocenters. The number of hydrogen-bond acceptors (Lipinski definition) is 3. The van der Waals surface area contributed by atoms with Crippen LogP contribution in [0.25, 0.3) is 0 Å². The summed E-state index contributed by atoms with van der Waals surface area (Å²) in [5, 5.41) is 21.2. The molecule has 0 saturated heterocycles. The van der Waals surface area contributed by atoms with E-state index in [0.717, 1.165) is 0 Å². The molecule has 0 radical (unpaired) electrons. The molecule has 0 heterocycles. The Morgan fingerprint density at radius 3 is 2.25 bits per heavy atom. The third-order valence-corrected chi connectivity index (χ3v) is 3.13. The average Bonchev–Trinajstić information content (AvgIpc) is 2.20. The van der Waals surface area contributed by atoms with E-state index in [-0.39, 0.29) is 44.4 Å². The van der Waals surface area contributed by atoms with Crippen LogP contribution in [0.15, 0.2) is 0 Å². The Hall–Kier alpha value is -0.330. The number of rotatable bonds is 3. The van der Waals surface area contributed by atoms with Crippen molar-refractivity contribution in [2.45, 2.75) is 56.5 Å². The predicted molar refractivity (Wildman–Crippen MR) is 52.9 cm³/mol. The second-order valence-electron chi connectivity index (χ2n) is 4.55. The molecule has 96 valence electrons. The van der Waals surface area contributed by atoms with E-state index < -0.39 is 11.8 Å². The van der Waals surface area contributed by atoms with Gasteiger partial charge in [-0.3, -0.25) is 0 Å². The lowest BCUT2D eigenvalue weighted by Crippen LogP contribution is -2.51. The molecule has 16 heavy (non-hydrogen) atoms. The number of halogens is 3. The molecule has 1 rings (SSSR count). The fourth-order valence-electron chi connectivity index (χ4n) is 2.00. The molecule has 0 bridgehead atoms. The molecule has 0 aromatic carbocycles. The van der Waals surface area contributed by atoms with Crippen molar-refractivity contribution in [3.63, 3.8) is 0 Å². The maximum Gasteiger partial charge on any atom is 0.417 e. The molecule has 6 heteroatoms. The molecular weight excluding hydrogens is 223 g/mol. The van der Waals surface area contributed by atoms with Gasteiger partial charge in [0.15, 0.2) is 5.60 Å². The maximum atomic E-state index is 12.5. The van der Waals surface area contributed by atoms with Gasteiger partial charge in [-0.2, -0.15) is 13.2 Å². The molecule has 0 amide bonds. The Bertz CT molecular complexity index is 225. The monoisotopic (exact) mass is 241 g/mol. The molecule has 1 aliphatic carbocycles. The largest absolute Gasteiger partial charge is 0.417 e. The number of alkyl halides is 3. The van der Waals surface area contributed by atoms with Crippen molar-refractivity contribution in [1.82, 2.24) is 5.32 Å². The molecule has 1 fully saturated rings. The van der Waals surface area contributed by atoms with E-state index in [0.29, 0.717) is 0 Å². The lowest BCUT2D eigenvalue weighted by molar-refractivity contribution is -0.270. The molecule has 0 aliphatic heterocycles. The number of aliphatic hydroxyl groups excluding tert-OH is 1. The van der Waals surface area contributed by atoms with E-state index >= 15 is 0 Å². The molecule has 3 nitrogen and oxygen atoms in total. The molecule has 1 aliphatic rings. The summed E-state index contributed by atoms with van der Waals surface area (Å²) in [4.78, 5) is 0. The van der Waals surface area contributed by atoms with Gasteiger partial charge in [0.1, 0.15) is 0 Å². The highest BCUT2D eigenvalue weighted by atomic mass is 19.4. The van der Waals surface area contributed by atoms with Crippen LogP contribution < -0.4 is 5.32 Å². The minimum Gasteiger partial charge on any atom is -0.395 e. The average molecular weight is 241 g/mol. The van der Waals surface area contributed by atoms with Gasteiger partial charge in [0.05, 0.1) is 6.61 Å². The fourth-order valence-corrected chi connectivity index (χ4v) is 2.00. The van der Waals surface area contributed by atoms with Gasteiger partial charge in [-0.15, -0.1) is 0 Å². The quantitative estimate of drug-likeness (QED) is 0.695. The van der Waals surface area contributed by atoms with E-state index in [1.54, 1.807) is 6.92 Å². The Morgan fingerprint density at radius 1 is 1.38 bits per heavy atom. The van der Waals surface area contributed by atoms with E-state index in [9.17, 15) is 18.3 Å². The van der Waals surface area contributed by atoms with Crippen LogP contribution in [0, 0.1) is 0 Å². The van der Waals surface area contributed by atoms with Crippen molar-refractivity contribution in [3.05, 3.63) is 0 Å². The second-order valence-corrected chi connectivity index (χ2v) is 4.55. The van der Waals surface area contributed by atoms with Crippen LogP contribution in [0.3, 0.4) is 0 Å². The summed E-state index contributed by atoms with van der Waals surface area (Å²) >= 11 is 0. The number of nitrogens with one attached hydrogen (secondary N) is 1. The Labute approximate surface area is 92.7 Å². The van der Waals surface area contributed by atoms with Gasteiger partial charge in [0.2, 0.25) is 0 Å². The minimum atomic E-state index is -4.54. The van der Waals surface area contributed by atoms with Gasteiger partial charge in [0.25, 0.3) is 0 Å². The second kappa shape index (κ2) is 4.89. The van der Waals surface area contributed by atoms with Crippen LogP contribution in [0.2, 0.25) is 0 Å². The zero-order chi connectivity index (χ0) is 12.4. The molecule has 0 unspecified atom stereocenters. The maximum absolute atomic E-state index is 12.5. The first-order valence-corrected chi connectivity index (χ1v) is 5.44. The van der Waals surface area contributed by atoms with E-state index in [1.165, 1.54) is 0 Å². The third-order valence-electron chi connectivity index (χ3n) is 3.13. The van der Waals surface area contributed by atoms with Crippen LogP contribution >= 0.6 is 0 Å². The van der Waals surface area contributed by atoms with E-state index in [4.69, 9.17) is 5.11 Å². The highest BCUT2D eigenvalue weighted by Gasteiger charge is 2.54. The van der Waals surface area contributed by atoms with Crippen LogP contribution in [-0.4, -0.2) is 40.7 Å². The summed E-state index contributed by atoms with van der Waals surface area (Å²) < 4.78 is 37.4. The topological polar surface area (TPSA) is 52.5 Å². The Balaban J connectivity index is 2.45. The van der Waals surface area contributed by atoms with Crippen LogP contribution in [0.5, 0.6) is 0 Å². The Morgan fingerprint density at radius 2 is 1.88 bits per heavy atom. The highest BCUT2D eigenvalue weighted by molar-refractivity contribution is 4.93. The normalized spacial score (nSPS) is 33.8. The molecule has 0 aromatic heterocycles. The van der Waals surface area contributed by atoms with Crippen LogP contribution in [0.4, 0.5) is 13.2 Å². The number of hydrogen-bond donors (Lipinski definition) is 3. The summed E-state index contributed by atoms with van der Waals surface area (Å²) in [7, 11) is 0. The molecule has 0 aromatic rings. The van der Waals surface area contributed by atoms with Gasteiger partial charge in [-0.1, -0.05) is 0 Å². The van der Waals surface area contributed by atoms with Crippen LogP contribution in [-0.2, 0) is 0 Å². The van der Waals surface area contributed by atoms with Gasteiger partial charge in [-0.05, 0) is 32.6 Å². The predicted octanol–water partition coefficient (Wildman–Crippen LogP) is 1.19. The first kappa shape index (κ1) is 13.7. The highest BCUT2D eigenvalue weighted by Crippen LogP contribution is 2.41. The summed E-state index contributed by atoms with van der Waals surface area (Å²) in [5.41, 5.74) is -2.52. The van der Waals surface area contributed by atoms with Gasteiger partial charge in [0, 0.05) is 12.1 Å². The first-order chi connectivity index (χ1) is 7.28. The summed E-state index contributed by atoms with van der Waals surface area (Å²) in [5.74, 6) is 0. The Kier molecular flexibility index (Phi) is 4.20. The van der Waals surface area contributed by atoms with Gasteiger partial charge < -0.3 is 15.5 Å². The molecular formula is C10H18F3NO2. The molecule has 1 saturated carbocycles. The zero-order valence-electron chi connectivity index (χ0n) is 9.22. The van der Waals surface area contributed by atoms with Crippen LogP contribution in [0.1, 0.15) is 32.6 Å². The lowest BCUT2D eigenvalue weighted by Gasteiger charge is -2.38. The first-order valence-electron chi connectivity index (χ1n) is 5.44. The summed E-state index contributed by atoms with van der Waals surface area (Å²) in [6.07, 6.45) is -4.53. The smallest absolute Gasteiger partial charge is 0.395 e. The third kappa shape index (κ3) is 3.09. The van der Waals surface area contributed by atoms with Crippen molar-refractivity contribution < 1.29 is 23.4 Å². The van der Waals surface area contributed by atoms with Crippen molar-refractivity contribution in [1.29, 1.82) is 0 Å². The fraction of sp³-hybridized carbons (Fsp3) is 1.00. The van der Waals surface area contributed by atoms with Crippen molar-refractivity contribution >= 4 is 0 Å². The zero-order valence-corrected chi connectivity index (χ0v) is 9.22. The lowest BCUT2D eigenvalue weighted by atomic mass is 9.81. The van der Waals surface area contributed by atoms with Crippen molar-refractivity contribution in [3.8, 4) is 0 Å². The SMILES string of the molecule is C[C@H](CO)NC1CCC(O)(C(F)(F)F)CC1. The van der Waals surface area contributed by atoms with Gasteiger partial charge >= 0.3 is 6.18 Å². The number of aliphatic hydroxyl groups is 2. The standard InChI is InChI=1S/C10H18F3NO2/c1-7(6-15)14-8-2-4-9(16,5-3-8)10(11,12)13/h7-8,14-16H,2-6H2,1H3/t7-,8?,9?/m1/s1. The van der Waals surface area contributed by atoms with E-state index in [2.05, 4.69) is 5.32 Å². The van der Waals surface area contributed by atoms with Crippen molar-refractivity contribution in [2.75, 3.05) is 6.61 Å². The molecule has 3 N–H and O–H groups in total. The minimum absolute atomic E-state index is 0.0416. The van der Waals surface area contributed by atoms with E-state index in [1.807, 2.05) is 0 Å². The van der Waals surface area contributed by atoms with Gasteiger partial charge in [-0.25, -0.2) is 0 Å². The van der Waals surface area contributed by atoms with Crippen molar-refractivity contribution in [2.24, 2.45) is 0 Å². The summed E-state index contributed by atoms with van der Waals surface area (Å²) in [6.45, 7) is 1.73. The molecule has 0 spiro atoms. The summed E-state index contributed by atoms with van der Waals surface area (Å²) in [6, 6.07) is -0.174.